The molecule has 15 heavy (non-hydrogen) atoms. The molecule has 0 amide bonds. The Morgan fingerprint density at radius 1 is 1.33 bits per heavy atom. The van der Waals surface area contributed by atoms with Crippen molar-refractivity contribution < 1.29 is 0 Å². The summed E-state index contributed by atoms with van der Waals surface area (Å²) in [5, 5.41) is 5.42. The van der Waals surface area contributed by atoms with Gasteiger partial charge in [-0.15, -0.1) is 0 Å². The number of aromatic amines is 1. The van der Waals surface area contributed by atoms with E-state index < -0.39 is 0 Å². The minimum atomic E-state index is 0.300. The number of rotatable bonds is 2. The molecule has 1 aromatic carbocycles. The van der Waals surface area contributed by atoms with Gasteiger partial charge in [0.15, 0.2) is 0 Å². The lowest BCUT2D eigenvalue weighted by atomic mass is 10.2. The molecule has 0 aliphatic carbocycles. The Bertz CT molecular complexity index is 554. The Balaban J connectivity index is 2.58. The maximum Gasteiger partial charge on any atom is 0.0613 e. The molecule has 0 fully saturated rings. The van der Waals surface area contributed by atoms with E-state index in [0.29, 0.717) is 16.6 Å². The van der Waals surface area contributed by atoms with Crippen molar-refractivity contribution in [3.63, 3.8) is 0 Å². The first-order valence-corrected chi connectivity index (χ1v) is 4.94. The van der Waals surface area contributed by atoms with Crippen LogP contribution in [0.25, 0.3) is 21.3 Å². The second-order valence-electron chi connectivity index (χ2n) is 3.01. The molecular weight excluding hydrogens is 235 g/mol. The van der Waals surface area contributed by atoms with Crippen molar-refractivity contribution in [2.75, 3.05) is 0 Å². The van der Waals surface area contributed by atoms with E-state index in [2.05, 4.69) is 15.0 Å². The van der Waals surface area contributed by atoms with Gasteiger partial charge >= 0.3 is 0 Å². The van der Waals surface area contributed by atoms with Crippen molar-refractivity contribution in [3.8, 4) is 0 Å². The second kappa shape index (κ2) is 4.03. The zero-order chi connectivity index (χ0) is 10.8. The van der Waals surface area contributed by atoms with Crippen LogP contribution in [0.1, 0.15) is 5.56 Å². The fourth-order valence-corrected chi connectivity index (χ4v) is 1.74. The molecule has 0 aliphatic rings. The van der Waals surface area contributed by atoms with Gasteiger partial charge in [0.1, 0.15) is 0 Å². The highest BCUT2D eigenvalue weighted by atomic mass is 35.5. The third-order valence-corrected chi connectivity index (χ3v) is 2.83. The second-order valence-corrected chi connectivity index (χ2v) is 3.83. The van der Waals surface area contributed by atoms with Crippen LogP contribution in [0.15, 0.2) is 23.4 Å². The molecule has 0 aliphatic heterocycles. The molecule has 1 aromatic heterocycles. The first-order valence-electron chi connectivity index (χ1n) is 4.18. The highest BCUT2D eigenvalue weighted by Crippen LogP contribution is 2.29. The number of nitrogens with one attached hydrogen (secondary N) is 1. The van der Waals surface area contributed by atoms with E-state index in [4.69, 9.17) is 28.7 Å². The third kappa shape index (κ3) is 1.88. The minimum Gasteiger partial charge on any atom is -0.361 e. The molecule has 0 unspecified atom stereocenters. The summed E-state index contributed by atoms with van der Waals surface area (Å²) >= 11 is 11.8. The molecule has 4 nitrogen and oxygen atoms in total. The van der Waals surface area contributed by atoms with Crippen LogP contribution in [0.4, 0.5) is 0 Å². The standard InChI is InChI=1S/C9H6Cl2N4/c10-7-1-6-5(4-14-15-12)3-13-9(6)2-8(7)11/h1-3,13H,4H2. The van der Waals surface area contributed by atoms with Crippen LogP contribution >= 0.6 is 23.2 Å². The number of hydrogen-bond donors (Lipinski definition) is 1. The number of benzene rings is 1. The largest absolute Gasteiger partial charge is 0.361 e. The summed E-state index contributed by atoms with van der Waals surface area (Å²) in [6, 6.07) is 3.51. The van der Waals surface area contributed by atoms with E-state index in [1.54, 1.807) is 18.3 Å². The van der Waals surface area contributed by atoms with Gasteiger partial charge in [0, 0.05) is 22.0 Å². The van der Waals surface area contributed by atoms with Crippen molar-refractivity contribution in [3.05, 3.63) is 44.4 Å². The van der Waals surface area contributed by atoms with E-state index in [1.807, 2.05) is 0 Å². The van der Waals surface area contributed by atoms with Crippen molar-refractivity contribution >= 4 is 34.1 Å². The topological polar surface area (TPSA) is 64.6 Å². The normalized spacial score (nSPS) is 10.3. The highest BCUT2D eigenvalue weighted by Gasteiger charge is 2.06. The summed E-state index contributed by atoms with van der Waals surface area (Å²) in [4.78, 5) is 5.75. The van der Waals surface area contributed by atoms with Crippen LogP contribution < -0.4 is 0 Å². The summed E-state index contributed by atoms with van der Waals surface area (Å²) in [5.41, 5.74) is 10.0. The molecule has 1 N–H and O–H groups in total. The molecule has 2 rings (SSSR count). The smallest absolute Gasteiger partial charge is 0.0613 e. The quantitative estimate of drug-likeness (QED) is 0.463. The predicted molar refractivity (Wildman–Crippen MR) is 61.2 cm³/mol. The maximum absolute atomic E-state index is 8.24. The van der Waals surface area contributed by atoms with E-state index in [9.17, 15) is 0 Å². The van der Waals surface area contributed by atoms with Crippen molar-refractivity contribution in [1.29, 1.82) is 0 Å². The first-order chi connectivity index (χ1) is 7.22. The Morgan fingerprint density at radius 2 is 2.07 bits per heavy atom. The van der Waals surface area contributed by atoms with Crippen molar-refractivity contribution in [1.82, 2.24) is 4.98 Å². The van der Waals surface area contributed by atoms with Gasteiger partial charge in [-0.3, -0.25) is 0 Å². The summed E-state index contributed by atoms with van der Waals surface area (Å²) in [6.45, 7) is 0.300. The molecular formula is C9H6Cl2N4. The number of halogens is 2. The van der Waals surface area contributed by atoms with Gasteiger partial charge in [-0.2, -0.15) is 0 Å². The lowest BCUT2D eigenvalue weighted by Gasteiger charge is -1.97. The Labute approximate surface area is 95.4 Å². The van der Waals surface area contributed by atoms with Crippen LogP contribution in [-0.4, -0.2) is 4.98 Å². The lowest BCUT2D eigenvalue weighted by molar-refractivity contribution is 1.06. The van der Waals surface area contributed by atoms with Crippen LogP contribution in [-0.2, 0) is 6.54 Å². The fraction of sp³-hybridized carbons (Fsp3) is 0.111. The van der Waals surface area contributed by atoms with Gasteiger partial charge in [0.2, 0.25) is 0 Å². The van der Waals surface area contributed by atoms with Crippen molar-refractivity contribution in [2.24, 2.45) is 5.11 Å². The molecule has 0 bridgehead atoms. The molecule has 6 heteroatoms. The number of fused-ring (bicyclic) bond motifs is 1. The van der Waals surface area contributed by atoms with Gasteiger partial charge in [0.25, 0.3) is 0 Å². The summed E-state index contributed by atoms with van der Waals surface area (Å²) in [5.74, 6) is 0. The molecule has 2 aromatic rings. The lowest BCUT2D eigenvalue weighted by Crippen LogP contribution is -1.77. The van der Waals surface area contributed by atoms with E-state index in [0.717, 1.165) is 16.5 Å². The van der Waals surface area contributed by atoms with Gasteiger partial charge in [0.05, 0.1) is 16.6 Å². The summed E-state index contributed by atoms with van der Waals surface area (Å²) < 4.78 is 0. The van der Waals surface area contributed by atoms with Crippen LogP contribution in [0.5, 0.6) is 0 Å². The fourth-order valence-electron chi connectivity index (χ4n) is 1.41. The zero-order valence-corrected chi connectivity index (χ0v) is 9.05. The van der Waals surface area contributed by atoms with Crippen molar-refractivity contribution in [2.45, 2.75) is 6.54 Å². The number of hydrogen-bond acceptors (Lipinski definition) is 1. The molecule has 76 valence electrons. The zero-order valence-electron chi connectivity index (χ0n) is 7.54. The molecule has 0 spiro atoms. The van der Waals surface area contributed by atoms with Gasteiger partial charge in [-0.1, -0.05) is 28.3 Å². The monoisotopic (exact) mass is 240 g/mol. The molecule has 0 saturated heterocycles. The molecule has 0 saturated carbocycles. The number of aromatic nitrogens is 1. The molecule has 1 heterocycles. The van der Waals surface area contributed by atoms with E-state index >= 15 is 0 Å². The van der Waals surface area contributed by atoms with Crippen LogP contribution in [0.3, 0.4) is 0 Å². The minimum absolute atomic E-state index is 0.300. The van der Waals surface area contributed by atoms with Crippen LogP contribution in [0.2, 0.25) is 10.0 Å². The number of nitrogens with zero attached hydrogens (tertiary/aromatic N) is 3. The Kier molecular flexibility index (Phi) is 2.73. The SMILES string of the molecule is [N-]=[N+]=NCc1c[nH]c2cc(Cl)c(Cl)cc12. The van der Waals surface area contributed by atoms with Gasteiger partial charge in [-0.05, 0) is 23.2 Å². The number of H-pyrrole nitrogens is 1. The van der Waals surface area contributed by atoms with Crippen LogP contribution in [0, 0.1) is 0 Å². The Hall–Kier alpha value is -1.35. The van der Waals surface area contributed by atoms with E-state index in [-0.39, 0.29) is 0 Å². The number of azide groups is 1. The average molecular weight is 241 g/mol. The molecule has 0 atom stereocenters. The summed E-state index contributed by atoms with van der Waals surface area (Å²) in [7, 11) is 0. The summed E-state index contributed by atoms with van der Waals surface area (Å²) in [6.07, 6.45) is 1.78. The maximum atomic E-state index is 8.24. The third-order valence-electron chi connectivity index (χ3n) is 2.11. The van der Waals surface area contributed by atoms with Gasteiger partial charge < -0.3 is 4.98 Å². The average Bonchev–Trinajstić information content (AvgIpc) is 2.59. The Morgan fingerprint density at radius 3 is 2.80 bits per heavy atom. The highest BCUT2D eigenvalue weighted by molar-refractivity contribution is 6.42. The van der Waals surface area contributed by atoms with Gasteiger partial charge in [-0.25, -0.2) is 0 Å². The first kappa shape index (κ1) is 10.2. The predicted octanol–water partition coefficient (Wildman–Crippen LogP) is 4.29. The molecule has 0 radical (unpaired) electrons. The van der Waals surface area contributed by atoms with E-state index in [1.165, 1.54) is 0 Å².